The van der Waals surface area contributed by atoms with Crippen LogP contribution in [-0.4, -0.2) is 42.5 Å². The van der Waals surface area contributed by atoms with Gasteiger partial charge in [-0.2, -0.15) is 8.42 Å². The molecule has 0 aromatic rings. The third kappa shape index (κ3) is 5.07. The van der Waals surface area contributed by atoms with E-state index in [0.29, 0.717) is 0 Å². The fourth-order valence-corrected chi connectivity index (χ4v) is 2.51. The van der Waals surface area contributed by atoms with Crippen LogP contribution >= 0.6 is 0 Å². The molecule has 6 heteroatoms. The number of nitrogens with one attached hydrogen (secondary N) is 1. The maximum atomic E-state index is 10.5. The first-order chi connectivity index (χ1) is 7.38. The van der Waals surface area contributed by atoms with Crippen LogP contribution < -0.4 is 5.32 Å². The Balaban J connectivity index is 2.30. The number of rotatable bonds is 5. The summed E-state index contributed by atoms with van der Waals surface area (Å²) in [6.07, 6.45) is 3.13. The Labute approximate surface area is 96.3 Å². The minimum absolute atomic E-state index is 0.156. The molecular formula is C10H19NO4S. The Morgan fingerprint density at radius 1 is 1.50 bits per heavy atom. The summed E-state index contributed by atoms with van der Waals surface area (Å²) in [4.78, 5) is 0. The minimum atomic E-state index is -4.10. The van der Waals surface area contributed by atoms with Gasteiger partial charge in [-0.1, -0.05) is 18.6 Å². The van der Waals surface area contributed by atoms with Crippen molar-refractivity contribution in [3.63, 3.8) is 0 Å². The predicted octanol–water partition coefficient (Wildman–Crippen LogP) is 0.324. The number of hydrogen-bond acceptors (Lipinski definition) is 4. The molecule has 1 saturated carbocycles. The van der Waals surface area contributed by atoms with Gasteiger partial charge < -0.3 is 10.4 Å². The molecule has 0 aromatic carbocycles. The van der Waals surface area contributed by atoms with Crippen LogP contribution in [0.3, 0.4) is 0 Å². The summed E-state index contributed by atoms with van der Waals surface area (Å²) in [5, 5.41) is 12.4. The van der Waals surface area contributed by atoms with Crippen LogP contribution in [0.4, 0.5) is 0 Å². The largest absolute Gasteiger partial charge is 0.391 e. The van der Waals surface area contributed by atoms with Crippen LogP contribution in [-0.2, 0) is 10.1 Å². The van der Waals surface area contributed by atoms with Crippen molar-refractivity contribution in [3.8, 4) is 0 Å². The second kappa shape index (κ2) is 5.77. The highest BCUT2D eigenvalue weighted by Gasteiger charge is 2.19. The lowest BCUT2D eigenvalue weighted by Crippen LogP contribution is -2.40. The van der Waals surface area contributed by atoms with Crippen molar-refractivity contribution in [2.24, 2.45) is 0 Å². The highest BCUT2D eigenvalue weighted by atomic mass is 32.2. The Kier molecular flexibility index (Phi) is 4.91. The lowest BCUT2D eigenvalue weighted by atomic mass is 9.91. The third-order valence-electron chi connectivity index (χ3n) is 2.74. The van der Waals surface area contributed by atoms with Crippen molar-refractivity contribution in [3.05, 3.63) is 12.2 Å². The van der Waals surface area contributed by atoms with Crippen molar-refractivity contribution in [1.29, 1.82) is 0 Å². The average molecular weight is 249 g/mol. The van der Waals surface area contributed by atoms with Crippen LogP contribution in [0.2, 0.25) is 0 Å². The molecular weight excluding hydrogens is 230 g/mol. The molecule has 0 bridgehead atoms. The van der Waals surface area contributed by atoms with E-state index in [-0.39, 0.29) is 12.6 Å². The van der Waals surface area contributed by atoms with Crippen LogP contribution in [0.5, 0.6) is 0 Å². The second-order valence-corrected chi connectivity index (χ2v) is 5.76. The fraction of sp³-hybridized carbons (Fsp3) is 0.800. The van der Waals surface area contributed by atoms with Gasteiger partial charge in [0.15, 0.2) is 0 Å². The Bertz CT molecular complexity index is 339. The van der Waals surface area contributed by atoms with Gasteiger partial charge in [-0.25, -0.2) is 0 Å². The van der Waals surface area contributed by atoms with E-state index in [9.17, 15) is 13.5 Å². The molecule has 1 fully saturated rings. The van der Waals surface area contributed by atoms with Crippen LogP contribution in [0, 0.1) is 0 Å². The third-order valence-corrected chi connectivity index (χ3v) is 3.54. The highest BCUT2D eigenvalue weighted by molar-refractivity contribution is 7.85. The van der Waals surface area contributed by atoms with E-state index >= 15 is 0 Å². The van der Waals surface area contributed by atoms with E-state index in [1.165, 1.54) is 0 Å². The van der Waals surface area contributed by atoms with Crippen molar-refractivity contribution in [2.75, 3.05) is 12.3 Å². The number of hydrogen-bond donors (Lipinski definition) is 3. The van der Waals surface area contributed by atoms with Gasteiger partial charge in [0.05, 0.1) is 6.10 Å². The quantitative estimate of drug-likeness (QED) is 0.482. The summed E-state index contributed by atoms with van der Waals surface area (Å²) in [7, 11) is -4.10. The van der Waals surface area contributed by atoms with Crippen molar-refractivity contribution >= 4 is 10.1 Å². The molecule has 0 aromatic heterocycles. The smallest absolute Gasteiger partial charge is 0.267 e. The SMILES string of the molecule is C=C1CCCCC1NCC(O)CS(=O)(=O)O. The first-order valence-corrected chi connectivity index (χ1v) is 7.03. The van der Waals surface area contributed by atoms with E-state index in [0.717, 1.165) is 31.3 Å². The molecule has 16 heavy (non-hydrogen) atoms. The van der Waals surface area contributed by atoms with Gasteiger partial charge in [0.2, 0.25) is 0 Å². The fourth-order valence-electron chi connectivity index (χ4n) is 1.91. The molecule has 2 unspecified atom stereocenters. The van der Waals surface area contributed by atoms with E-state index in [2.05, 4.69) is 11.9 Å². The first kappa shape index (κ1) is 13.6. The molecule has 1 aliphatic rings. The topological polar surface area (TPSA) is 86.6 Å². The van der Waals surface area contributed by atoms with Crippen molar-refractivity contribution in [2.45, 2.75) is 37.8 Å². The molecule has 3 N–H and O–H groups in total. The minimum Gasteiger partial charge on any atom is -0.391 e. The van der Waals surface area contributed by atoms with E-state index < -0.39 is 22.0 Å². The molecule has 1 aliphatic carbocycles. The zero-order valence-corrected chi connectivity index (χ0v) is 10.0. The predicted molar refractivity (Wildman–Crippen MR) is 61.8 cm³/mol. The van der Waals surface area contributed by atoms with E-state index in [4.69, 9.17) is 4.55 Å². The molecule has 0 heterocycles. The van der Waals surface area contributed by atoms with Gasteiger partial charge in [-0.05, 0) is 19.3 Å². The number of aliphatic hydroxyl groups is 1. The molecule has 94 valence electrons. The molecule has 0 aliphatic heterocycles. The van der Waals surface area contributed by atoms with Gasteiger partial charge >= 0.3 is 0 Å². The molecule has 0 amide bonds. The van der Waals surface area contributed by atoms with Gasteiger partial charge in [-0.15, -0.1) is 0 Å². The van der Waals surface area contributed by atoms with Gasteiger partial charge in [0.25, 0.3) is 10.1 Å². The van der Waals surface area contributed by atoms with E-state index in [1.54, 1.807) is 0 Å². The summed E-state index contributed by atoms with van der Waals surface area (Å²) >= 11 is 0. The molecule has 0 spiro atoms. The summed E-state index contributed by atoms with van der Waals surface area (Å²) < 4.78 is 29.6. The monoisotopic (exact) mass is 249 g/mol. The molecule has 5 nitrogen and oxygen atoms in total. The van der Waals surface area contributed by atoms with Crippen molar-refractivity contribution in [1.82, 2.24) is 5.32 Å². The zero-order valence-electron chi connectivity index (χ0n) is 9.22. The first-order valence-electron chi connectivity index (χ1n) is 5.43. The zero-order chi connectivity index (χ0) is 12.2. The second-order valence-electron chi connectivity index (χ2n) is 4.27. The summed E-state index contributed by atoms with van der Waals surface area (Å²) in [5.74, 6) is -0.626. The maximum absolute atomic E-state index is 10.5. The Morgan fingerprint density at radius 3 is 2.75 bits per heavy atom. The molecule has 0 radical (unpaired) electrons. The van der Waals surface area contributed by atoms with Gasteiger partial charge in [0.1, 0.15) is 5.75 Å². The maximum Gasteiger partial charge on any atom is 0.267 e. The summed E-state index contributed by atoms with van der Waals surface area (Å²) in [6.45, 7) is 4.09. The van der Waals surface area contributed by atoms with Crippen LogP contribution in [0.25, 0.3) is 0 Å². The normalized spacial score (nSPS) is 24.4. The van der Waals surface area contributed by atoms with Crippen LogP contribution in [0.15, 0.2) is 12.2 Å². The number of aliphatic hydroxyl groups excluding tert-OH is 1. The molecule has 2 atom stereocenters. The van der Waals surface area contributed by atoms with E-state index in [1.807, 2.05) is 0 Å². The Hall–Kier alpha value is -0.430. The van der Waals surface area contributed by atoms with Crippen molar-refractivity contribution < 1.29 is 18.1 Å². The highest BCUT2D eigenvalue weighted by Crippen LogP contribution is 2.21. The van der Waals surface area contributed by atoms with Gasteiger partial charge in [-0.3, -0.25) is 4.55 Å². The Morgan fingerprint density at radius 2 is 2.19 bits per heavy atom. The lowest BCUT2D eigenvalue weighted by Gasteiger charge is -2.26. The van der Waals surface area contributed by atoms with Crippen LogP contribution in [0.1, 0.15) is 25.7 Å². The summed E-state index contributed by atoms with van der Waals surface area (Å²) in [5.41, 5.74) is 1.10. The lowest BCUT2D eigenvalue weighted by molar-refractivity contribution is 0.186. The average Bonchev–Trinajstić information content (AvgIpc) is 2.14. The van der Waals surface area contributed by atoms with Gasteiger partial charge in [0, 0.05) is 12.6 Å². The molecule has 1 rings (SSSR count). The summed E-state index contributed by atoms with van der Waals surface area (Å²) in [6, 6.07) is 0.157. The standard InChI is InChI=1S/C10H19NO4S/c1-8-4-2-3-5-10(8)11-6-9(12)7-16(13,14)15/h9-12H,1-7H2,(H,13,14,15). The molecule has 0 saturated heterocycles.